The topological polar surface area (TPSA) is 69.0 Å². The summed E-state index contributed by atoms with van der Waals surface area (Å²) in [5.74, 6) is 1.13. The number of benzene rings is 1. The van der Waals surface area contributed by atoms with Gasteiger partial charge in [-0.3, -0.25) is 0 Å². The first-order valence-corrected chi connectivity index (χ1v) is 8.37. The van der Waals surface area contributed by atoms with Crippen LogP contribution in [-0.4, -0.2) is 46.1 Å². The molecule has 0 N–H and O–H groups in total. The number of hydrogen-bond acceptors (Lipinski definition) is 5. The number of hydrogen-bond donors (Lipinski definition) is 0. The maximum Gasteiger partial charge on any atom is 0.243 e. The van der Waals surface area contributed by atoms with Gasteiger partial charge in [0.05, 0.1) is 37.0 Å². The Hall–Kier alpha value is -1.83. The van der Waals surface area contributed by atoms with E-state index in [1.807, 2.05) is 0 Å². The number of morpholine rings is 1. The van der Waals surface area contributed by atoms with Crippen molar-refractivity contribution in [3.05, 3.63) is 36.6 Å². The summed E-state index contributed by atoms with van der Waals surface area (Å²) >= 11 is 0. The third kappa shape index (κ3) is 2.75. The molecule has 0 aliphatic carbocycles. The molecule has 0 spiro atoms. The minimum Gasteiger partial charge on any atom is -0.496 e. The fraction of sp³-hybridized carbons (Fsp3) is 0.333. The third-order valence-corrected chi connectivity index (χ3v) is 5.46. The standard InChI is InChI=1S/C15H17NO5S/c1-19-14-5-4-12(11-13(14)15-3-2-8-21-15)22(17,18)16-6-9-20-10-7-16/h2-5,8,11H,6-7,9-10H2,1H3. The van der Waals surface area contributed by atoms with Crippen molar-refractivity contribution in [1.82, 2.24) is 4.31 Å². The second-order valence-corrected chi connectivity index (χ2v) is 6.79. The van der Waals surface area contributed by atoms with Crippen LogP contribution in [0.4, 0.5) is 0 Å². The van der Waals surface area contributed by atoms with E-state index in [-0.39, 0.29) is 4.90 Å². The molecule has 2 heterocycles. The summed E-state index contributed by atoms with van der Waals surface area (Å²) in [5, 5.41) is 0. The monoisotopic (exact) mass is 323 g/mol. The minimum absolute atomic E-state index is 0.224. The maximum absolute atomic E-state index is 12.7. The van der Waals surface area contributed by atoms with E-state index in [4.69, 9.17) is 13.9 Å². The predicted octanol–water partition coefficient (Wildman–Crippen LogP) is 1.98. The molecule has 1 aliphatic rings. The fourth-order valence-electron chi connectivity index (χ4n) is 2.41. The fourth-order valence-corrected chi connectivity index (χ4v) is 3.84. The van der Waals surface area contributed by atoms with Crippen LogP contribution in [0.2, 0.25) is 0 Å². The van der Waals surface area contributed by atoms with Gasteiger partial charge in [0.2, 0.25) is 10.0 Å². The molecule has 2 aromatic rings. The maximum atomic E-state index is 12.7. The Labute approximate surface area is 129 Å². The van der Waals surface area contributed by atoms with Crippen LogP contribution >= 0.6 is 0 Å². The zero-order valence-electron chi connectivity index (χ0n) is 12.2. The second-order valence-electron chi connectivity index (χ2n) is 4.86. The van der Waals surface area contributed by atoms with Gasteiger partial charge in [0.1, 0.15) is 11.5 Å². The highest BCUT2D eigenvalue weighted by atomic mass is 32.2. The van der Waals surface area contributed by atoms with Crippen molar-refractivity contribution in [2.45, 2.75) is 4.90 Å². The highest BCUT2D eigenvalue weighted by Crippen LogP contribution is 2.33. The molecule has 0 saturated carbocycles. The van der Waals surface area contributed by atoms with Crippen LogP contribution in [0.3, 0.4) is 0 Å². The molecule has 22 heavy (non-hydrogen) atoms. The van der Waals surface area contributed by atoms with Gasteiger partial charge in [0.25, 0.3) is 0 Å². The van der Waals surface area contributed by atoms with E-state index in [1.54, 1.807) is 30.3 Å². The van der Waals surface area contributed by atoms with Gasteiger partial charge in [0, 0.05) is 13.1 Å². The molecular formula is C15H17NO5S. The number of methoxy groups -OCH3 is 1. The molecule has 0 amide bonds. The van der Waals surface area contributed by atoms with Crippen molar-refractivity contribution in [2.24, 2.45) is 0 Å². The van der Waals surface area contributed by atoms with Crippen LogP contribution < -0.4 is 4.74 Å². The van der Waals surface area contributed by atoms with E-state index in [9.17, 15) is 8.42 Å². The van der Waals surface area contributed by atoms with Crippen LogP contribution in [0, 0.1) is 0 Å². The van der Waals surface area contributed by atoms with E-state index < -0.39 is 10.0 Å². The average molecular weight is 323 g/mol. The van der Waals surface area contributed by atoms with Crippen molar-refractivity contribution in [3.8, 4) is 17.1 Å². The van der Waals surface area contributed by atoms with E-state index in [1.165, 1.54) is 17.7 Å². The number of nitrogens with zero attached hydrogens (tertiary/aromatic N) is 1. The first kappa shape index (κ1) is 15.1. The van der Waals surface area contributed by atoms with Gasteiger partial charge in [0.15, 0.2) is 0 Å². The van der Waals surface area contributed by atoms with Crippen LogP contribution in [0.5, 0.6) is 5.75 Å². The van der Waals surface area contributed by atoms with E-state index in [0.29, 0.717) is 43.4 Å². The molecule has 0 bridgehead atoms. The minimum atomic E-state index is -3.54. The lowest BCUT2D eigenvalue weighted by Crippen LogP contribution is -2.40. The van der Waals surface area contributed by atoms with Gasteiger partial charge in [-0.05, 0) is 30.3 Å². The molecule has 118 valence electrons. The number of sulfonamides is 1. The van der Waals surface area contributed by atoms with Gasteiger partial charge in [-0.15, -0.1) is 0 Å². The second kappa shape index (κ2) is 6.12. The Morgan fingerprint density at radius 2 is 1.95 bits per heavy atom. The Bertz CT molecular complexity index is 733. The quantitative estimate of drug-likeness (QED) is 0.860. The summed E-state index contributed by atoms with van der Waals surface area (Å²) in [7, 11) is -2.00. The summed E-state index contributed by atoms with van der Waals surface area (Å²) in [6.07, 6.45) is 1.54. The number of furan rings is 1. The molecule has 6 nitrogen and oxygen atoms in total. The third-order valence-electron chi connectivity index (χ3n) is 3.57. The molecule has 0 radical (unpaired) electrons. The molecule has 1 aliphatic heterocycles. The molecule has 7 heteroatoms. The zero-order chi connectivity index (χ0) is 15.6. The van der Waals surface area contributed by atoms with Gasteiger partial charge in [-0.2, -0.15) is 4.31 Å². The Morgan fingerprint density at radius 1 is 1.18 bits per heavy atom. The van der Waals surface area contributed by atoms with Crippen LogP contribution in [0.15, 0.2) is 45.9 Å². The summed E-state index contributed by atoms with van der Waals surface area (Å²) in [6.45, 7) is 1.57. The zero-order valence-corrected chi connectivity index (χ0v) is 13.0. The van der Waals surface area contributed by atoms with E-state index in [0.717, 1.165) is 0 Å². The normalized spacial score (nSPS) is 16.6. The molecule has 1 saturated heterocycles. The van der Waals surface area contributed by atoms with Gasteiger partial charge < -0.3 is 13.9 Å². The predicted molar refractivity (Wildman–Crippen MR) is 80.3 cm³/mol. The summed E-state index contributed by atoms with van der Waals surface area (Å²) in [4.78, 5) is 0.224. The average Bonchev–Trinajstić information content (AvgIpc) is 3.09. The summed E-state index contributed by atoms with van der Waals surface area (Å²) < 4.78 is 42.7. The molecule has 1 aromatic carbocycles. The molecule has 0 unspecified atom stereocenters. The lowest BCUT2D eigenvalue weighted by Gasteiger charge is -2.26. The largest absolute Gasteiger partial charge is 0.496 e. The number of ether oxygens (including phenoxy) is 2. The Morgan fingerprint density at radius 3 is 2.59 bits per heavy atom. The first-order valence-electron chi connectivity index (χ1n) is 6.93. The van der Waals surface area contributed by atoms with Crippen molar-refractivity contribution in [3.63, 3.8) is 0 Å². The molecule has 0 atom stereocenters. The highest BCUT2D eigenvalue weighted by molar-refractivity contribution is 7.89. The smallest absolute Gasteiger partial charge is 0.243 e. The summed E-state index contributed by atoms with van der Waals surface area (Å²) in [6, 6.07) is 8.30. The Kier molecular flexibility index (Phi) is 4.19. The SMILES string of the molecule is COc1ccc(S(=O)(=O)N2CCOCC2)cc1-c1ccco1. The lowest BCUT2D eigenvalue weighted by molar-refractivity contribution is 0.0730. The van der Waals surface area contributed by atoms with E-state index in [2.05, 4.69) is 0 Å². The van der Waals surface area contributed by atoms with Gasteiger partial charge in [-0.1, -0.05) is 0 Å². The molecule has 1 fully saturated rings. The van der Waals surface area contributed by atoms with Crippen LogP contribution in [0.1, 0.15) is 0 Å². The van der Waals surface area contributed by atoms with Crippen molar-refractivity contribution in [2.75, 3.05) is 33.4 Å². The lowest BCUT2D eigenvalue weighted by atomic mass is 10.1. The van der Waals surface area contributed by atoms with E-state index >= 15 is 0 Å². The van der Waals surface area contributed by atoms with Gasteiger partial charge >= 0.3 is 0 Å². The van der Waals surface area contributed by atoms with Crippen molar-refractivity contribution < 1.29 is 22.3 Å². The highest BCUT2D eigenvalue weighted by Gasteiger charge is 2.27. The van der Waals surface area contributed by atoms with Gasteiger partial charge in [-0.25, -0.2) is 8.42 Å². The Balaban J connectivity index is 2.03. The molecule has 1 aromatic heterocycles. The van der Waals surface area contributed by atoms with Crippen molar-refractivity contribution in [1.29, 1.82) is 0 Å². The van der Waals surface area contributed by atoms with Crippen LogP contribution in [-0.2, 0) is 14.8 Å². The van der Waals surface area contributed by atoms with Crippen LogP contribution in [0.25, 0.3) is 11.3 Å². The number of rotatable bonds is 4. The van der Waals surface area contributed by atoms with Crippen molar-refractivity contribution >= 4 is 10.0 Å². The molecule has 3 rings (SSSR count). The first-order chi connectivity index (χ1) is 10.6. The molecular weight excluding hydrogens is 306 g/mol. The summed E-state index contributed by atoms with van der Waals surface area (Å²) in [5.41, 5.74) is 0.613.